The van der Waals surface area contributed by atoms with Crippen molar-refractivity contribution < 1.29 is 9.53 Å². The molecule has 1 amide bonds. The molecule has 0 spiro atoms. The van der Waals surface area contributed by atoms with Gasteiger partial charge in [0.2, 0.25) is 5.78 Å². The van der Waals surface area contributed by atoms with Gasteiger partial charge in [-0.15, -0.1) is 0 Å². The Bertz CT molecular complexity index is 1110. The molecule has 1 N–H and O–H groups in total. The summed E-state index contributed by atoms with van der Waals surface area (Å²) in [7, 11) is 1.57. The molecule has 6 nitrogen and oxygen atoms in total. The van der Waals surface area contributed by atoms with Gasteiger partial charge in [0.1, 0.15) is 5.75 Å². The van der Waals surface area contributed by atoms with E-state index in [2.05, 4.69) is 31.2 Å². The third-order valence-electron chi connectivity index (χ3n) is 4.10. The number of hydrogen-bond acceptors (Lipinski definition) is 4. The molecule has 0 unspecified atom stereocenters. The minimum absolute atomic E-state index is 0.227. The molecule has 4 aromatic rings. The van der Waals surface area contributed by atoms with Crippen molar-refractivity contribution in [3.63, 3.8) is 0 Å². The second-order valence-corrected chi connectivity index (χ2v) is 6.66. The fourth-order valence-electron chi connectivity index (χ4n) is 2.77. The van der Waals surface area contributed by atoms with Crippen LogP contribution in [0.2, 0.25) is 0 Å². The molecule has 0 fully saturated rings. The minimum atomic E-state index is -0.227. The highest BCUT2D eigenvalue weighted by Crippen LogP contribution is 2.31. The number of carbonyl (C=O) groups is 1. The Balaban J connectivity index is 1.70. The van der Waals surface area contributed by atoms with Crippen LogP contribution in [0.15, 0.2) is 71.6 Å². The Morgan fingerprint density at radius 2 is 2.04 bits per heavy atom. The summed E-state index contributed by atoms with van der Waals surface area (Å²) in [5.74, 6) is 0.956. The zero-order valence-electron chi connectivity index (χ0n) is 14.4. The van der Waals surface area contributed by atoms with E-state index in [1.54, 1.807) is 19.4 Å². The van der Waals surface area contributed by atoms with Gasteiger partial charge in [-0.2, -0.15) is 0 Å². The average molecular weight is 423 g/mol. The smallest absolute Gasteiger partial charge is 0.256 e. The maximum atomic E-state index is 12.7. The molecule has 0 aliphatic carbocycles. The first kappa shape index (κ1) is 17.2. The van der Waals surface area contributed by atoms with E-state index in [9.17, 15) is 4.79 Å². The fourth-order valence-corrected chi connectivity index (χ4v) is 3.23. The van der Waals surface area contributed by atoms with Crippen molar-refractivity contribution in [1.29, 1.82) is 0 Å². The average Bonchev–Trinajstić information content (AvgIpc) is 3.12. The number of carbonyl (C=O) groups excluding carboxylic acids is 1. The lowest BCUT2D eigenvalue weighted by atomic mass is 10.1. The zero-order chi connectivity index (χ0) is 18.8. The molecular weight excluding hydrogens is 408 g/mol. The van der Waals surface area contributed by atoms with Crippen molar-refractivity contribution in [2.75, 3.05) is 12.4 Å². The van der Waals surface area contributed by atoms with Crippen LogP contribution in [0.3, 0.4) is 0 Å². The molecule has 2 aromatic heterocycles. The Labute approximate surface area is 164 Å². The van der Waals surface area contributed by atoms with Crippen molar-refractivity contribution in [2.24, 2.45) is 0 Å². The predicted octanol–water partition coefficient (Wildman–Crippen LogP) is 4.42. The van der Waals surface area contributed by atoms with Crippen molar-refractivity contribution >= 4 is 33.3 Å². The Morgan fingerprint density at radius 3 is 2.81 bits per heavy atom. The summed E-state index contributed by atoms with van der Waals surface area (Å²) in [6.07, 6.45) is 5.48. The summed E-state index contributed by atoms with van der Waals surface area (Å²) in [5.41, 5.74) is 2.72. The molecule has 0 bridgehead atoms. The molecule has 27 heavy (non-hydrogen) atoms. The monoisotopic (exact) mass is 422 g/mol. The molecule has 0 aliphatic heterocycles. The number of rotatable bonds is 4. The van der Waals surface area contributed by atoms with Gasteiger partial charge in [0.25, 0.3) is 5.91 Å². The van der Waals surface area contributed by atoms with Crippen LogP contribution in [0.25, 0.3) is 17.0 Å². The van der Waals surface area contributed by atoms with Gasteiger partial charge in [-0.1, -0.05) is 12.1 Å². The number of fused-ring (bicyclic) bond motifs is 1. The summed E-state index contributed by atoms with van der Waals surface area (Å²) >= 11 is 3.40. The standard InChI is InChI=1S/C20H15BrN4O2/c1-27-18-8-7-13(17-12-25-10-4-9-22-20(25)24-17)11-16(18)23-19(26)14-5-2-3-6-15(14)21/h2-12H,1H3,(H,23,26). The largest absolute Gasteiger partial charge is 0.495 e. The first-order valence-electron chi connectivity index (χ1n) is 8.20. The van der Waals surface area contributed by atoms with E-state index in [-0.39, 0.29) is 5.91 Å². The number of methoxy groups -OCH3 is 1. The number of imidazole rings is 1. The van der Waals surface area contributed by atoms with Gasteiger partial charge < -0.3 is 10.1 Å². The van der Waals surface area contributed by atoms with Gasteiger partial charge in [-0.05, 0) is 52.3 Å². The molecular formula is C20H15BrN4O2. The number of nitrogens with zero attached hydrogens (tertiary/aromatic N) is 3. The topological polar surface area (TPSA) is 68.5 Å². The molecule has 0 aliphatic rings. The number of anilines is 1. The highest BCUT2D eigenvalue weighted by atomic mass is 79.9. The van der Waals surface area contributed by atoms with Crippen LogP contribution in [0.5, 0.6) is 5.75 Å². The van der Waals surface area contributed by atoms with Crippen LogP contribution in [0.4, 0.5) is 5.69 Å². The number of aromatic nitrogens is 3. The fraction of sp³-hybridized carbons (Fsp3) is 0.0500. The van der Waals surface area contributed by atoms with Gasteiger partial charge in [0.15, 0.2) is 0 Å². The van der Waals surface area contributed by atoms with E-state index >= 15 is 0 Å². The molecule has 0 radical (unpaired) electrons. The zero-order valence-corrected chi connectivity index (χ0v) is 16.0. The summed E-state index contributed by atoms with van der Waals surface area (Å²) < 4.78 is 7.97. The maximum absolute atomic E-state index is 12.7. The van der Waals surface area contributed by atoms with Gasteiger partial charge in [0, 0.05) is 28.6 Å². The van der Waals surface area contributed by atoms with E-state index in [4.69, 9.17) is 4.74 Å². The lowest BCUT2D eigenvalue weighted by Gasteiger charge is -2.12. The molecule has 4 rings (SSSR count). The quantitative estimate of drug-likeness (QED) is 0.528. The third-order valence-corrected chi connectivity index (χ3v) is 4.79. The first-order valence-corrected chi connectivity index (χ1v) is 8.99. The van der Waals surface area contributed by atoms with Crippen LogP contribution >= 0.6 is 15.9 Å². The first-order chi connectivity index (χ1) is 13.2. The minimum Gasteiger partial charge on any atom is -0.495 e. The second-order valence-electron chi connectivity index (χ2n) is 5.80. The molecule has 7 heteroatoms. The second kappa shape index (κ2) is 7.20. The number of amides is 1. The van der Waals surface area contributed by atoms with Crippen molar-refractivity contribution in [2.45, 2.75) is 0 Å². The Hall–Kier alpha value is -3.19. The number of benzene rings is 2. The van der Waals surface area contributed by atoms with Crippen molar-refractivity contribution in [1.82, 2.24) is 14.4 Å². The summed E-state index contributed by atoms with van der Waals surface area (Å²) in [6.45, 7) is 0. The molecule has 0 atom stereocenters. The third kappa shape index (κ3) is 3.41. The molecule has 0 saturated heterocycles. The van der Waals surface area contributed by atoms with E-state index < -0.39 is 0 Å². The summed E-state index contributed by atoms with van der Waals surface area (Å²) in [4.78, 5) is 21.4. The van der Waals surface area contributed by atoms with Crippen LogP contribution in [-0.2, 0) is 0 Å². The lowest BCUT2D eigenvalue weighted by Crippen LogP contribution is -2.13. The van der Waals surface area contributed by atoms with E-state index in [1.165, 1.54) is 0 Å². The normalized spacial score (nSPS) is 10.7. The molecule has 2 aromatic carbocycles. The number of ether oxygens (including phenoxy) is 1. The SMILES string of the molecule is COc1ccc(-c2cn3cccnc3n2)cc1NC(=O)c1ccccc1Br. The van der Waals surface area contributed by atoms with E-state index in [0.717, 1.165) is 15.7 Å². The molecule has 134 valence electrons. The summed E-state index contributed by atoms with van der Waals surface area (Å²) in [6, 6.07) is 14.6. The van der Waals surface area contributed by atoms with E-state index in [1.807, 2.05) is 59.3 Å². The number of nitrogens with one attached hydrogen (secondary N) is 1. The van der Waals surface area contributed by atoms with Crippen LogP contribution in [0, 0.1) is 0 Å². The number of hydrogen-bond donors (Lipinski definition) is 1. The van der Waals surface area contributed by atoms with Gasteiger partial charge in [-0.25, -0.2) is 9.97 Å². The lowest BCUT2D eigenvalue weighted by molar-refractivity contribution is 0.102. The van der Waals surface area contributed by atoms with E-state index in [0.29, 0.717) is 22.8 Å². The Morgan fingerprint density at radius 1 is 1.19 bits per heavy atom. The van der Waals surface area contributed by atoms with Crippen molar-refractivity contribution in [3.05, 3.63) is 77.2 Å². The molecule has 0 saturated carbocycles. The summed E-state index contributed by atoms with van der Waals surface area (Å²) in [5, 5.41) is 2.92. The number of halogens is 1. The van der Waals surface area contributed by atoms with Crippen LogP contribution < -0.4 is 10.1 Å². The Kier molecular flexibility index (Phi) is 4.60. The highest BCUT2D eigenvalue weighted by Gasteiger charge is 2.14. The predicted molar refractivity (Wildman–Crippen MR) is 107 cm³/mol. The van der Waals surface area contributed by atoms with Crippen molar-refractivity contribution in [3.8, 4) is 17.0 Å². The maximum Gasteiger partial charge on any atom is 0.256 e. The molecule has 2 heterocycles. The van der Waals surface area contributed by atoms with Gasteiger partial charge in [0.05, 0.1) is 24.1 Å². The highest BCUT2D eigenvalue weighted by molar-refractivity contribution is 9.10. The van der Waals surface area contributed by atoms with Crippen LogP contribution in [-0.4, -0.2) is 27.4 Å². The van der Waals surface area contributed by atoms with Crippen LogP contribution in [0.1, 0.15) is 10.4 Å². The van der Waals surface area contributed by atoms with Gasteiger partial charge >= 0.3 is 0 Å². The van der Waals surface area contributed by atoms with Gasteiger partial charge in [-0.3, -0.25) is 9.20 Å².